The molecule has 0 aromatic heterocycles. The first-order valence-electron chi connectivity index (χ1n) is 6.92. The van der Waals surface area contributed by atoms with Gasteiger partial charge in [-0.1, -0.05) is 12.8 Å². The molecule has 1 aliphatic heterocycles. The van der Waals surface area contributed by atoms with Gasteiger partial charge in [0.1, 0.15) is 0 Å². The van der Waals surface area contributed by atoms with Crippen LogP contribution in [0.3, 0.4) is 0 Å². The van der Waals surface area contributed by atoms with Gasteiger partial charge < -0.3 is 14.7 Å². The zero-order valence-corrected chi connectivity index (χ0v) is 11.7. The van der Waals surface area contributed by atoms with Gasteiger partial charge in [0.05, 0.1) is 19.3 Å². The Labute approximate surface area is 111 Å². The van der Waals surface area contributed by atoms with Gasteiger partial charge in [0, 0.05) is 13.1 Å². The average Bonchev–Trinajstić information content (AvgIpc) is 2.37. The Morgan fingerprint density at radius 3 is 2.47 bits per heavy atom. The summed E-state index contributed by atoms with van der Waals surface area (Å²) in [5.41, 5.74) is 0. The number of hydrogen-bond acceptors (Lipinski definition) is 4. The lowest BCUT2D eigenvalue weighted by Crippen LogP contribution is -2.37. The third-order valence-electron chi connectivity index (χ3n) is 3.36. The van der Waals surface area contributed by atoms with Gasteiger partial charge in [0.25, 0.3) is 0 Å². The second-order valence-electron chi connectivity index (χ2n) is 4.77. The SMILES string of the molecule is OCCOC1CCN(CCCCCCS)CC1. The van der Waals surface area contributed by atoms with Crippen LogP contribution in [0.2, 0.25) is 0 Å². The fourth-order valence-electron chi connectivity index (χ4n) is 2.32. The Morgan fingerprint density at radius 2 is 1.82 bits per heavy atom. The summed E-state index contributed by atoms with van der Waals surface area (Å²) in [4.78, 5) is 2.54. The quantitative estimate of drug-likeness (QED) is 0.491. The van der Waals surface area contributed by atoms with E-state index in [2.05, 4.69) is 17.5 Å². The maximum Gasteiger partial charge on any atom is 0.0701 e. The molecule has 1 fully saturated rings. The van der Waals surface area contributed by atoms with Crippen LogP contribution in [0.1, 0.15) is 38.5 Å². The first-order valence-corrected chi connectivity index (χ1v) is 7.55. The predicted octanol–water partition coefficient (Wildman–Crippen LogP) is 1.95. The third-order valence-corrected chi connectivity index (χ3v) is 3.68. The molecule has 0 spiro atoms. The van der Waals surface area contributed by atoms with Gasteiger partial charge in [-0.2, -0.15) is 12.6 Å². The molecule has 1 aliphatic rings. The zero-order valence-electron chi connectivity index (χ0n) is 10.8. The number of aliphatic hydroxyl groups is 1. The number of unbranched alkanes of at least 4 members (excludes halogenated alkanes) is 3. The zero-order chi connectivity index (χ0) is 12.3. The average molecular weight is 261 g/mol. The minimum Gasteiger partial charge on any atom is -0.394 e. The van der Waals surface area contributed by atoms with E-state index in [1.54, 1.807) is 0 Å². The van der Waals surface area contributed by atoms with Crippen LogP contribution >= 0.6 is 12.6 Å². The number of rotatable bonds is 9. The van der Waals surface area contributed by atoms with E-state index in [1.807, 2.05) is 0 Å². The molecule has 17 heavy (non-hydrogen) atoms. The lowest BCUT2D eigenvalue weighted by molar-refractivity contribution is -0.00787. The van der Waals surface area contributed by atoms with Gasteiger partial charge in [-0.3, -0.25) is 0 Å². The summed E-state index contributed by atoms with van der Waals surface area (Å²) < 4.78 is 5.55. The van der Waals surface area contributed by atoms with Gasteiger partial charge in [0.2, 0.25) is 0 Å². The highest BCUT2D eigenvalue weighted by atomic mass is 32.1. The first-order chi connectivity index (χ1) is 8.36. The van der Waals surface area contributed by atoms with Crippen LogP contribution in [0, 0.1) is 0 Å². The van der Waals surface area contributed by atoms with Gasteiger partial charge in [0.15, 0.2) is 0 Å². The maximum atomic E-state index is 8.70. The summed E-state index contributed by atoms with van der Waals surface area (Å²) >= 11 is 4.22. The van der Waals surface area contributed by atoms with Gasteiger partial charge in [-0.05, 0) is 38.0 Å². The lowest BCUT2D eigenvalue weighted by atomic mass is 10.1. The summed E-state index contributed by atoms with van der Waals surface area (Å²) in [5, 5.41) is 8.70. The van der Waals surface area contributed by atoms with Crippen LogP contribution in [0.4, 0.5) is 0 Å². The fourth-order valence-corrected chi connectivity index (χ4v) is 2.54. The van der Waals surface area contributed by atoms with Crippen molar-refractivity contribution in [2.45, 2.75) is 44.6 Å². The van der Waals surface area contributed by atoms with Crippen molar-refractivity contribution >= 4 is 12.6 Å². The van der Waals surface area contributed by atoms with Crippen molar-refractivity contribution in [2.24, 2.45) is 0 Å². The van der Waals surface area contributed by atoms with Crippen LogP contribution in [-0.2, 0) is 4.74 Å². The maximum absolute atomic E-state index is 8.70. The first kappa shape index (κ1) is 15.3. The second kappa shape index (κ2) is 10.2. The lowest BCUT2D eigenvalue weighted by Gasteiger charge is -2.31. The van der Waals surface area contributed by atoms with Crippen molar-refractivity contribution in [1.29, 1.82) is 0 Å². The van der Waals surface area contributed by atoms with Crippen molar-refractivity contribution in [3.05, 3.63) is 0 Å². The van der Waals surface area contributed by atoms with Crippen molar-refractivity contribution < 1.29 is 9.84 Å². The minimum absolute atomic E-state index is 0.144. The monoisotopic (exact) mass is 261 g/mol. The summed E-state index contributed by atoms with van der Waals surface area (Å²) in [6, 6.07) is 0. The van der Waals surface area contributed by atoms with E-state index < -0.39 is 0 Å². The topological polar surface area (TPSA) is 32.7 Å². The number of nitrogens with zero attached hydrogens (tertiary/aromatic N) is 1. The Bertz CT molecular complexity index is 170. The smallest absolute Gasteiger partial charge is 0.0701 e. The van der Waals surface area contributed by atoms with Crippen LogP contribution in [-0.4, -0.2) is 54.7 Å². The molecule has 0 bridgehead atoms. The molecule has 1 N–H and O–H groups in total. The highest BCUT2D eigenvalue weighted by molar-refractivity contribution is 7.80. The molecule has 1 heterocycles. The highest BCUT2D eigenvalue weighted by Gasteiger charge is 2.18. The van der Waals surface area contributed by atoms with E-state index in [4.69, 9.17) is 9.84 Å². The molecule has 0 atom stereocenters. The molecular formula is C13H27NO2S. The number of ether oxygens (including phenoxy) is 1. The van der Waals surface area contributed by atoms with Crippen molar-refractivity contribution in [3.63, 3.8) is 0 Å². The summed E-state index contributed by atoms with van der Waals surface area (Å²) in [6.45, 7) is 4.18. The van der Waals surface area contributed by atoms with E-state index in [9.17, 15) is 0 Å². The number of thiol groups is 1. The van der Waals surface area contributed by atoms with E-state index in [0.717, 1.165) is 31.7 Å². The molecule has 0 saturated carbocycles. The highest BCUT2D eigenvalue weighted by Crippen LogP contribution is 2.14. The number of likely N-dealkylation sites (tertiary alicyclic amines) is 1. The standard InChI is InChI=1S/C13H27NO2S/c15-10-11-16-13-5-8-14(9-6-13)7-3-1-2-4-12-17/h13,15,17H,1-12H2. The molecule has 4 heteroatoms. The van der Waals surface area contributed by atoms with E-state index >= 15 is 0 Å². The Kier molecular flexibility index (Phi) is 9.16. The van der Waals surface area contributed by atoms with Crippen LogP contribution < -0.4 is 0 Å². The third kappa shape index (κ3) is 7.29. The summed E-state index contributed by atoms with van der Waals surface area (Å²) in [5.74, 6) is 1.02. The normalized spacial score (nSPS) is 18.7. The van der Waals surface area contributed by atoms with Gasteiger partial charge in [-0.15, -0.1) is 0 Å². The number of aliphatic hydroxyl groups excluding tert-OH is 1. The molecule has 0 radical (unpaired) electrons. The molecule has 102 valence electrons. The van der Waals surface area contributed by atoms with Crippen LogP contribution in [0.25, 0.3) is 0 Å². The molecule has 0 amide bonds. The van der Waals surface area contributed by atoms with Crippen molar-refractivity contribution in [2.75, 3.05) is 38.6 Å². The van der Waals surface area contributed by atoms with E-state index in [-0.39, 0.29) is 6.61 Å². The second-order valence-corrected chi connectivity index (χ2v) is 5.22. The fraction of sp³-hybridized carbons (Fsp3) is 1.00. The Balaban J connectivity index is 1.95. The molecular weight excluding hydrogens is 234 g/mol. The largest absolute Gasteiger partial charge is 0.394 e. The molecule has 0 aromatic rings. The number of hydrogen-bond donors (Lipinski definition) is 2. The van der Waals surface area contributed by atoms with E-state index in [0.29, 0.717) is 12.7 Å². The summed E-state index contributed by atoms with van der Waals surface area (Å²) in [7, 11) is 0. The number of piperidine rings is 1. The van der Waals surface area contributed by atoms with Crippen LogP contribution in [0.15, 0.2) is 0 Å². The molecule has 0 aromatic carbocycles. The molecule has 3 nitrogen and oxygen atoms in total. The molecule has 1 saturated heterocycles. The van der Waals surface area contributed by atoms with Gasteiger partial charge in [-0.25, -0.2) is 0 Å². The molecule has 0 unspecified atom stereocenters. The van der Waals surface area contributed by atoms with Gasteiger partial charge >= 0.3 is 0 Å². The molecule has 0 aliphatic carbocycles. The Morgan fingerprint density at radius 1 is 1.12 bits per heavy atom. The molecule has 1 rings (SSSR count). The van der Waals surface area contributed by atoms with Crippen LogP contribution in [0.5, 0.6) is 0 Å². The van der Waals surface area contributed by atoms with Crippen molar-refractivity contribution in [1.82, 2.24) is 4.90 Å². The van der Waals surface area contributed by atoms with Crippen molar-refractivity contribution in [3.8, 4) is 0 Å². The van der Waals surface area contributed by atoms with E-state index in [1.165, 1.54) is 32.2 Å². The predicted molar refractivity (Wildman–Crippen MR) is 74.8 cm³/mol. The summed E-state index contributed by atoms with van der Waals surface area (Å²) in [6.07, 6.45) is 7.84. The Hall–Kier alpha value is 0.230. The minimum atomic E-state index is 0.144.